The highest BCUT2D eigenvalue weighted by Crippen LogP contribution is 2.29. The normalized spacial score (nSPS) is 11.9. The molecule has 4 rings (SSSR count). The Labute approximate surface area is 246 Å². The number of esters is 1. The van der Waals surface area contributed by atoms with E-state index in [1.54, 1.807) is 66.8 Å². The molecule has 9 nitrogen and oxygen atoms in total. The summed E-state index contributed by atoms with van der Waals surface area (Å²) in [5.41, 5.74) is -0.0225. The van der Waals surface area contributed by atoms with Crippen molar-refractivity contribution in [2.45, 2.75) is 66.1 Å². The van der Waals surface area contributed by atoms with Crippen LogP contribution in [0.4, 0.5) is 8.78 Å². The van der Waals surface area contributed by atoms with Crippen LogP contribution in [0.15, 0.2) is 47.7 Å². The van der Waals surface area contributed by atoms with Crippen LogP contribution in [0, 0.1) is 25.5 Å². The molecule has 4 heterocycles. The Hall–Kier alpha value is -4.25. The van der Waals surface area contributed by atoms with Crippen LogP contribution in [0.2, 0.25) is 5.02 Å². The summed E-state index contributed by atoms with van der Waals surface area (Å²) in [6.45, 7) is 11.8. The third kappa shape index (κ3) is 6.46. The second-order valence-corrected chi connectivity index (χ2v) is 11.6. The van der Waals surface area contributed by atoms with Gasteiger partial charge in [-0.3, -0.25) is 24.1 Å². The predicted molar refractivity (Wildman–Crippen MR) is 153 cm³/mol. The first-order chi connectivity index (χ1) is 19.6. The summed E-state index contributed by atoms with van der Waals surface area (Å²) < 4.78 is 39.7. The molecule has 42 heavy (non-hydrogen) atoms. The minimum atomic E-state index is -1.14. The van der Waals surface area contributed by atoms with E-state index in [4.69, 9.17) is 21.1 Å². The fourth-order valence-corrected chi connectivity index (χ4v) is 4.17. The molecule has 0 atom stereocenters. The summed E-state index contributed by atoms with van der Waals surface area (Å²) in [6.07, 6.45) is 4.00. The van der Waals surface area contributed by atoms with Gasteiger partial charge in [0.15, 0.2) is 5.82 Å². The maximum absolute atomic E-state index is 14.0. The predicted octanol–water partition coefficient (Wildman–Crippen LogP) is 5.83. The van der Waals surface area contributed by atoms with Gasteiger partial charge in [-0.2, -0.15) is 0 Å². The molecular weight excluding hydrogens is 568 g/mol. The van der Waals surface area contributed by atoms with Crippen LogP contribution in [0.1, 0.15) is 57.4 Å². The second kappa shape index (κ2) is 11.6. The highest BCUT2D eigenvalue weighted by atomic mass is 35.5. The number of rotatable bonds is 7. The third-order valence-electron chi connectivity index (χ3n) is 6.25. The zero-order valence-corrected chi connectivity index (χ0v) is 25.0. The summed E-state index contributed by atoms with van der Waals surface area (Å²) in [4.78, 5) is 43.4. The zero-order valence-electron chi connectivity index (χ0n) is 24.3. The van der Waals surface area contributed by atoms with Crippen molar-refractivity contribution in [1.29, 1.82) is 0 Å². The average Bonchev–Trinajstić information content (AvgIpc) is 2.91. The summed E-state index contributed by atoms with van der Waals surface area (Å²) in [5.74, 6) is -1.88. The van der Waals surface area contributed by atoms with Crippen molar-refractivity contribution in [3.63, 3.8) is 0 Å². The first-order valence-electron chi connectivity index (χ1n) is 13.0. The molecule has 4 aromatic heterocycles. The summed E-state index contributed by atoms with van der Waals surface area (Å²) in [7, 11) is 0. The van der Waals surface area contributed by atoms with E-state index >= 15 is 0 Å². The van der Waals surface area contributed by atoms with Crippen LogP contribution in [0.3, 0.4) is 0 Å². The molecule has 0 saturated carbocycles. The van der Waals surface area contributed by atoms with Crippen LogP contribution >= 0.6 is 11.6 Å². The van der Waals surface area contributed by atoms with Gasteiger partial charge in [0.05, 0.1) is 23.3 Å². The molecule has 0 bridgehead atoms. The number of carbonyl (C=O) groups excluding carboxylic acids is 1. The van der Waals surface area contributed by atoms with Gasteiger partial charge < -0.3 is 9.47 Å². The van der Waals surface area contributed by atoms with E-state index in [9.17, 15) is 18.4 Å². The number of hydrogen-bond acceptors (Lipinski definition) is 8. The third-order valence-corrected chi connectivity index (χ3v) is 6.60. The molecule has 0 amide bonds. The Morgan fingerprint density at radius 3 is 2.38 bits per heavy atom. The largest absolute Gasteiger partial charge is 0.485 e. The van der Waals surface area contributed by atoms with E-state index in [0.717, 1.165) is 6.20 Å². The van der Waals surface area contributed by atoms with Crippen LogP contribution in [-0.2, 0) is 21.6 Å². The fraction of sp³-hybridized carbons (Fsp3) is 0.333. The molecular formula is C30H30ClF2N5O4. The molecule has 4 aromatic rings. The molecule has 0 aliphatic carbocycles. The van der Waals surface area contributed by atoms with Crippen molar-refractivity contribution in [2.75, 3.05) is 0 Å². The molecule has 0 aliphatic heterocycles. The van der Waals surface area contributed by atoms with Gasteiger partial charge >= 0.3 is 5.97 Å². The lowest BCUT2D eigenvalue weighted by molar-refractivity contribution is -0.161. The van der Waals surface area contributed by atoms with Gasteiger partial charge in [0.2, 0.25) is 0 Å². The van der Waals surface area contributed by atoms with Crippen molar-refractivity contribution >= 4 is 17.6 Å². The molecule has 0 aromatic carbocycles. The van der Waals surface area contributed by atoms with Gasteiger partial charge in [0.1, 0.15) is 45.7 Å². The van der Waals surface area contributed by atoms with Gasteiger partial charge in [-0.05, 0) is 66.2 Å². The highest BCUT2D eigenvalue weighted by molar-refractivity contribution is 6.31. The van der Waals surface area contributed by atoms with Crippen LogP contribution < -0.4 is 10.3 Å². The Bertz CT molecular complexity index is 1730. The Morgan fingerprint density at radius 2 is 1.71 bits per heavy atom. The topological polar surface area (TPSA) is 109 Å². The number of ether oxygens (including phenoxy) is 2. The fourth-order valence-electron chi connectivity index (χ4n) is 3.97. The number of nitrogens with zero attached hydrogens (tertiary/aromatic N) is 5. The maximum Gasteiger partial charge on any atom is 0.319 e. The lowest BCUT2D eigenvalue weighted by atomic mass is 9.92. The molecule has 0 spiro atoms. The zero-order chi connectivity index (χ0) is 31.0. The number of hydrogen-bond donors (Lipinski definition) is 0. The van der Waals surface area contributed by atoms with Gasteiger partial charge in [-0.15, -0.1) is 0 Å². The number of halogens is 3. The Morgan fingerprint density at radius 1 is 1.00 bits per heavy atom. The smallest absolute Gasteiger partial charge is 0.319 e. The van der Waals surface area contributed by atoms with Gasteiger partial charge in [0, 0.05) is 30.2 Å². The summed E-state index contributed by atoms with van der Waals surface area (Å²) >= 11 is 6.39. The van der Waals surface area contributed by atoms with Crippen molar-refractivity contribution in [3.8, 4) is 22.8 Å². The Kier molecular flexibility index (Phi) is 8.45. The molecule has 12 heteroatoms. The monoisotopic (exact) mass is 597 g/mol. The second-order valence-electron chi connectivity index (χ2n) is 11.2. The molecule has 0 saturated heterocycles. The van der Waals surface area contributed by atoms with Gasteiger partial charge in [0.25, 0.3) is 5.56 Å². The van der Waals surface area contributed by atoms with Crippen molar-refractivity contribution in [3.05, 3.63) is 92.6 Å². The number of carbonyl (C=O) groups is 1. The lowest BCUT2D eigenvalue weighted by Crippen LogP contribution is -2.38. The maximum atomic E-state index is 14.0. The van der Waals surface area contributed by atoms with Gasteiger partial charge in [-0.1, -0.05) is 11.6 Å². The van der Waals surface area contributed by atoms with Crippen LogP contribution in [0.25, 0.3) is 17.1 Å². The van der Waals surface area contributed by atoms with Crippen molar-refractivity contribution < 1.29 is 23.0 Å². The Balaban J connectivity index is 1.69. The first-order valence-corrected chi connectivity index (χ1v) is 13.4. The van der Waals surface area contributed by atoms with Crippen LogP contribution in [-0.4, -0.2) is 36.1 Å². The van der Waals surface area contributed by atoms with E-state index in [-0.39, 0.29) is 28.9 Å². The molecule has 0 radical (unpaired) electrons. The van der Waals surface area contributed by atoms with Gasteiger partial charge in [-0.25, -0.2) is 18.7 Å². The molecule has 0 fully saturated rings. The minimum absolute atomic E-state index is 0.0256. The first kappa shape index (κ1) is 30.7. The quantitative estimate of drug-likeness (QED) is 0.245. The molecule has 220 valence electrons. The van der Waals surface area contributed by atoms with E-state index in [2.05, 4.69) is 19.9 Å². The van der Waals surface area contributed by atoms with E-state index in [0.29, 0.717) is 34.4 Å². The summed E-state index contributed by atoms with van der Waals surface area (Å²) in [6, 6.07) is 5.57. The lowest BCUT2D eigenvalue weighted by Gasteiger charge is -2.27. The number of aryl methyl sites for hydroxylation is 2. The molecule has 0 aliphatic rings. The molecule has 0 N–H and O–H groups in total. The van der Waals surface area contributed by atoms with E-state index in [1.807, 2.05) is 0 Å². The van der Waals surface area contributed by atoms with E-state index < -0.39 is 34.2 Å². The summed E-state index contributed by atoms with van der Waals surface area (Å²) in [5, 5.41) is -0.232. The number of aromatic nitrogens is 5. The van der Waals surface area contributed by atoms with Crippen LogP contribution in [0.5, 0.6) is 5.75 Å². The van der Waals surface area contributed by atoms with Crippen molar-refractivity contribution in [1.82, 2.24) is 24.5 Å². The average molecular weight is 598 g/mol. The minimum Gasteiger partial charge on any atom is -0.485 e. The molecule has 0 unspecified atom stereocenters. The highest BCUT2D eigenvalue weighted by Gasteiger charge is 2.37. The van der Waals surface area contributed by atoms with Crippen molar-refractivity contribution in [2.24, 2.45) is 0 Å². The number of pyridine rings is 3. The SMILES string of the molecule is Cc1cnc(-c2ccnc(C(C)(C)C(=O)OC(C)(C)C)n2)cc1-n1c(C)cc(OCc2ncc(F)cc2F)c(Cl)c1=O. The standard InChI is InChI=1S/C30H30ClF2N5O4/c1-16-13-35-21(20-8-9-34-27(37-20)30(6,7)28(40)42-29(3,4)5)12-23(16)38-17(2)10-24(25(31)26(38)39)41-15-22-19(33)11-18(32)14-36-22/h8-14H,15H2,1-7H3. The van der Waals surface area contributed by atoms with E-state index in [1.165, 1.54) is 16.8 Å².